The zero-order valence-electron chi connectivity index (χ0n) is 17.9. The minimum atomic E-state index is -0.400. The molecule has 7 heteroatoms. The Hall–Kier alpha value is -4.23. The number of nitrogens with one attached hydrogen (secondary N) is 2. The Bertz CT molecular complexity index is 1500. The standard InChI is InChI=1S/C27H19FN4OS/c28-18-6-5-8-20(16-18)30-27(33)23-9-1-2-10-26(23)34-21-12-13-22-24(31-32-25(22)17-21)14-11-19-7-3-4-15-29-19/h1-17H,(H,30,33)(H,31,32)/b14-11+. The maximum atomic E-state index is 13.5. The number of fused-ring (bicyclic) bond motifs is 1. The summed E-state index contributed by atoms with van der Waals surface area (Å²) in [5.41, 5.74) is 3.51. The summed E-state index contributed by atoms with van der Waals surface area (Å²) in [6.45, 7) is 0. The molecule has 1 amide bonds. The normalized spacial score (nSPS) is 11.2. The highest BCUT2D eigenvalue weighted by molar-refractivity contribution is 7.99. The van der Waals surface area contributed by atoms with Crippen LogP contribution in [0.15, 0.2) is 101 Å². The predicted octanol–water partition coefficient (Wildman–Crippen LogP) is 6.67. The van der Waals surface area contributed by atoms with Gasteiger partial charge < -0.3 is 5.32 Å². The van der Waals surface area contributed by atoms with Gasteiger partial charge in [0, 0.05) is 27.1 Å². The lowest BCUT2D eigenvalue weighted by atomic mass is 10.2. The molecule has 0 fully saturated rings. The molecule has 0 atom stereocenters. The van der Waals surface area contributed by atoms with Gasteiger partial charge in [-0.2, -0.15) is 5.10 Å². The van der Waals surface area contributed by atoms with Gasteiger partial charge in [-0.3, -0.25) is 14.9 Å². The van der Waals surface area contributed by atoms with E-state index in [1.54, 1.807) is 24.4 Å². The van der Waals surface area contributed by atoms with Gasteiger partial charge in [-0.05, 0) is 72.8 Å². The second-order valence-corrected chi connectivity index (χ2v) is 8.58. The number of halogens is 1. The molecular formula is C27H19FN4OS. The van der Waals surface area contributed by atoms with Gasteiger partial charge in [-0.1, -0.05) is 36.0 Å². The average molecular weight is 467 g/mol. The molecule has 0 unspecified atom stereocenters. The van der Waals surface area contributed by atoms with Crippen LogP contribution >= 0.6 is 11.8 Å². The zero-order valence-corrected chi connectivity index (χ0v) is 18.7. The maximum Gasteiger partial charge on any atom is 0.256 e. The molecule has 34 heavy (non-hydrogen) atoms. The van der Waals surface area contributed by atoms with Gasteiger partial charge in [0.05, 0.1) is 22.5 Å². The van der Waals surface area contributed by atoms with E-state index in [-0.39, 0.29) is 5.91 Å². The van der Waals surface area contributed by atoms with Gasteiger partial charge in [-0.25, -0.2) is 4.39 Å². The first kappa shape index (κ1) is 21.6. The van der Waals surface area contributed by atoms with Crippen molar-refractivity contribution in [1.82, 2.24) is 15.2 Å². The van der Waals surface area contributed by atoms with E-state index in [1.165, 1.54) is 23.9 Å². The van der Waals surface area contributed by atoms with Gasteiger partial charge in [0.15, 0.2) is 0 Å². The Morgan fingerprint density at radius 3 is 2.68 bits per heavy atom. The van der Waals surface area contributed by atoms with Gasteiger partial charge in [0.2, 0.25) is 0 Å². The number of pyridine rings is 1. The third-order valence-electron chi connectivity index (χ3n) is 5.11. The van der Waals surface area contributed by atoms with Crippen molar-refractivity contribution in [3.63, 3.8) is 0 Å². The van der Waals surface area contributed by atoms with Crippen LogP contribution < -0.4 is 5.32 Å². The Kier molecular flexibility index (Phi) is 6.18. The summed E-state index contributed by atoms with van der Waals surface area (Å²) < 4.78 is 13.5. The minimum absolute atomic E-state index is 0.293. The summed E-state index contributed by atoms with van der Waals surface area (Å²) in [7, 11) is 0. The number of amides is 1. The summed E-state index contributed by atoms with van der Waals surface area (Å²) in [6, 6.07) is 25.0. The van der Waals surface area contributed by atoms with E-state index >= 15 is 0 Å². The van der Waals surface area contributed by atoms with Crippen LogP contribution in [-0.4, -0.2) is 21.1 Å². The van der Waals surface area contributed by atoms with E-state index < -0.39 is 5.82 Å². The summed E-state index contributed by atoms with van der Waals surface area (Å²) >= 11 is 1.48. The Balaban J connectivity index is 1.36. The number of aromatic nitrogens is 3. The van der Waals surface area contributed by atoms with E-state index in [0.717, 1.165) is 32.1 Å². The lowest BCUT2D eigenvalue weighted by Crippen LogP contribution is -2.13. The van der Waals surface area contributed by atoms with Crippen LogP contribution in [0.1, 0.15) is 21.7 Å². The van der Waals surface area contributed by atoms with Crippen molar-refractivity contribution in [2.24, 2.45) is 0 Å². The molecule has 0 aliphatic rings. The average Bonchev–Trinajstić information content (AvgIpc) is 3.26. The number of aromatic amines is 1. The minimum Gasteiger partial charge on any atom is -0.322 e. The van der Waals surface area contributed by atoms with E-state index in [1.807, 2.05) is 66.7 Å². The van der Waals surface area contributed by atoms with E-state index in [0.29, 0.717) is 11.3 Å². The number of anilines is 1. The number of hydrogen-bond donors (Lipinski definition) is 2. The number of carbonyl (C=O) groups excluding carboxylic acids is 1. The summed E-state index contributed by atoms with van der Waals surface area (Å²) in [4.78, 5) is 18.9. The number of benzene rings is 3. The molecule has 0 bridgehead atoms. The van der Waals surface area contributed by atoms with Gasteiger partial charge in [-0.15, -0.1) is 0 Å². The largest absolute Gasteiger partial charge is 0.322 e. The smallest absolute Gasteiger partial charge is 0.256 e. The van der Waals surface area contributed by atoms with Crippen LogP contribution in [0.2, 0.25) is 0 Å². The lowest BCUT2D eigenvalue weighted by molar-refractivity contribution is 0.102. The molecule has 0 aliphatic carbocycles. The molecule has 2 N–H and O–H groups in total. The Labute approximate surface area is 199 Å². The van der Waals surface area contributed by atoms with Crippen LogP contribution in [-0.2, 0) is 0 Å². The van der Waals surface area contributed by atoms with Crippen LogP contribution in [0.4, 0.5) is 10.1 Å². The summed E-state index contributed by atoms with van der Waals surface area (Å²) in [6.07, 6.45) is 5.61. The molecule has 5 aromatic rings. The number of nitrogens with zero attached hydrogens (tertiary/aromatic N) is 2. The Morgan fingerprint density at radius 1 is 0.941 bits per heavy atom. The molecular weight excluding hydrogens is 447 g/mol. The van der Waals surface area contributed by atoms with Gasteiger partial charge in [0.1, 0.15) is 5.82 Å². The van der Waals surface area contributed by atoms with Gasteiger partial charge in [0.25, 0.3) is 5.91 Å². The van der Waals surface area contributed by atoms with Crippen molar-refractivity contribution in [3.8, 4) is 0 Å². The monoisotopic (exact) mass is 466 g/mol. The lowest BCUT2D eigenvalue weighted by Gasteiger charge is -2.10. The molecule has 5 nitrogen and oxygen atoms in total. The molecule has 166 valence electrons. The Morgan fingerprint density at radius 2 is 1.82 bits per heavy atom. The quantitative estimate of drug-likeness (QED) is 0.293. The summed E-state index contributed by atoms with van der Waals surface area (Å²) in [5, 5.41) is 11.2. The van der Waals surface area contributed by atoms with Crippen molar-refractivity contribution in [3.05, 3.63) is 114 Å². The SMILES string of the molecule is O=C(Nc1cccc(F)c1)c1ccccc1Sc1ccc2c(/C=C/c3ccccn3)n[nH]c2c1. The first-order chi connectivity index (χ1) is 16.7. The molecule has 0 spiro atoms. The fraction of sp³-hybridized carbons (Fsp3) is 0. The van der Waals surface area contributed by atoms with E-state index in [4.69, 9.17) is 0 Å². The molecule has 3 aromatic carbocycles. The molecule has 2 heterocycles. The summed E-state index contributed by atoms with van der Waals surface area (Å²) in [5.74, 6) is -0.694. The predicted molar refractivity (Wildman–Crippen MR) is 134 cm³/mol. The first-order valence-electron chi connectivity index (χ1n) is 10.6. The third-order valence-corrected chi connectivity index (χ3v) is 6.17. The van der Waals surface area contributed by atoms with Crippen molar-refractivity contribution in [1.29, 1.82) is 0 Å². The molecule has 0 aliphatic heterocycles. The number of rotatable bonds is 6. The van der Waals surface area contributed by atoms with Crippen LogP contribution in [0.5, 0.6) is 0 Å². The van der Waals surface area contributed by atoms with Crippen molar-refractivity contribution in [2.45, 2.75) is 9.79 Å². The molecule has 0 radical (unpaired) electrons. The van der Waals surface area contributed by atoms with E-state index in [9.17, 15) is 9.18 Å². The molecule has 0 saturated heterocycles. The topological polar surface area (TPSA) is 70.7 Å². The van der Waals surface area contributed by atoms with Crippen molar-refractivity contribution in [2.75, 3.05) is 5.32 Å². The highest BCUT2D eigenvalue weighted by Gasteiger charge is 2.13. The van der Waals surface area contributed by atoms with Gasteiger partial charge >= 0.3 is 0 Å². The molecule has 5 rings (SSSR count). The molecule has 0 saturated carbocycles. The van der Waals surface area contributed by atoms with Crippen LogP contribution in [0.25, 0.3) is 23.1 Å². The zero-order chi connectivity index (χ0) is 23.3. The van der Waals surface area contributed by atoms with Crippen molar-refractivity contribution < 1.29 is 9.18 Å². The van der Waals surface area contributed by atoms with Crippen molar-refractivity contribution >= 4 is 46.4 Å². The fourth-order valence-corrected chi connectivity index (χ4v) is 4.47. The number of H-pyrrole nitrogens is 1. The second-order valence-electron chi connectivity index (χ2n) is 7.47. The number of carbonyl (C=O) groups is 1. The maximum absolute atomic E-state index is 13.5. The second kappa shape index (κ2) is 9.72. The molecule has 2 aromatic heterocycles. The first-order valence-corrected chi connectivity index (χ1v) is 11.4. The number of hydrogen-bond acceptors (Lipinski definition) is 4. The highest BCUT2D eigenvalue weighted by atomic mass is 32.2. The van der Waals surface area contributed by atoms with E-state index in [2.05, 4.69) is 20.5 Å². The van der Waals surface area contributed by atoms with Crippen LogP contribution in [0, 0.1) is 5.82 Å². The third kappa shape index (κ3) is 4.89. The fourth-order valence-electron chi connectivity index (χ4n) is 3.48. The highest BCUT2D eigenvalue weighted by Crippen LogP contribution is 2.33. The van der Waals surface area contributed by atoms with Crippen LogP contribution in [0.3, 0.4) is 0 Å².